The number of ether oxygens (including phenoxy) is 2. The number of carbonyl (C=O) groups excluding carboxylic acids is 1. The van der Waals surface area contributed by atoms with Crippen LogP contribution in [0.25, 0.3) is 0 Å². The van der Waals surface area contributed by atoms with E-state index in [9.17, 15) is 4.79 Å². The lowest BCUT2D eigenvalue weighted by molar-refractivity contribution is -0.114. The standard InChI is InChI=1S/C21H19N3O4/c1-22-21(25)20(24-26-2)17-10-3-4-11-18(17)27-15-8-7-9-16(14-15)28-19-12-5-6-13-23-19/h3-14H,1-2H3,(H,22,25). The van der Waals surface area contributed by atoms with Crippen LogP contribution in [-0.2, 0) is 9.63 Å². The molecule has 0 aliphatic rings. The number of oxime groups is 1. The zero-order valence-corrected chi connectivity index (χ0v) is 15.5. The lowest BCUT2D eigenvalue weighted by Gasteiger charge is -2.13. The fourth-order valence-corrected chi connectivity index (χ4v) is 2.43. The van der Waals surface area contributed by atoms with E-state index in [4.69, 9.17) is 14.3 Å². The summed E-state index contributed by atoms with van der Waals surface area (Å²) in [6, 6.07) is 19.6. The molecule has 0 atom stereocenters. The van der Waals surface area contributed by atoms with Gasteiger partial charge in [0.15, 0.2) is 5.71 Å². The lowest BCUT2D eigenvalue weighted by atomic mass is 10.1. The summed E-state index contributed by atoms with van der Waals surface area (Å²) < 4.78 is 11.7. The third kappa shape index (κ3) is 4.64. The minimum Gasteiger partial charge on any atom is -0.457 e. The Balaban J connectivity index is 1.87. The first-order valence-corrected chi connectivity index (χ1v) is 8.50. The van der Waals surface area contributed by atoms with Gasteiger partial charge < -0.3 is 19.6 Å². The van der Waals surface area contributed by atoms with Gasteiger partial charge in [-0.2, -0.15) is 0 Å². The van der Waals surface area contributed by atoms with E-state index < -0.39 is 0 Å². The summed E-state index contributed by atoms with van der Waals surface area (Å²) in [5, 5.41) is 6.38. The highest BCUT2D eigenvalue weighted by Crippen LogP contribution is 2.30. The zero-order chi connectivity index (χ0) is 19.8. The smallest absolute Gasteiger partial charge is 0.273 e. The van der Waals surface area contributed by atoms with Crippen LogP contribution >= 0.6 is 0 Å². The molecular formula is C21H19N3O4. The third-order valence-electron chi connectivity index (χ3n) is 3.66. The van der Waals surface area contributed by atoms with E-state index in [0.29, 0.717) is 28.7 Å². The average Bonchev–Trinajstić information content (AvgIpc) is 2.73. The van der Waals surface area contributed by atoms with Crippen LogP contribution in [0, 0.1) is 0 Å². The molecule has 0 bridgehead atoms. The van der Waals surface area contributed by atoms with E-state index >= 15 is 0 Å². The molecule has 1 heterocycles. The number of pyridine rings is 1. The number of likely N-dealkylation sites (N-methyl/N-ethyl adjacent to an activating group) is 1. The minimum absolute atomic E-state index is 0.112. The van der Waals surface area contributed by atoms with Crippen LogP contribution in [0.1, 0.15) is 5.56 Å². The summed E-state index contributed by atoms with van der Waals surface area (Å²) in [5.74, 6) is 1.66. The van der Waals surface area contributed by atoms with Gasteiger partial charge in [-0.25, -0.2) is 4.98 Å². The molecule has 1 amide bonds. The number of aromatic nitrogens is 1. The molecule has 0 saturated heterocycles. The van der Waals surface area contributed by atoms with Gasteiger partial charge in [-0.3, -0.25) is 4.79 Å². The zero-order valence-electron chi connectivity index (χ0n) is 15.5. The number of hydrogen-bond donors (Lipinski definition) is 1. The molecule has 7 heteroatoms. The largest absolute Gasteiger partial charge is 0.457 e. The predicted molar refractivity (Wildman–Crippen MR) is 105 cm³/mol. The van der Waals surface area contributed by atoms with Gasteiger partial charge in [-0.05, 0) is 30.3 Å². The van der Waals surface area contributed by atoms with Crippen molar-refractivity contribution < 1.29 is 19.1 Å². The van der Waals surface area contributed by atoms with Crippen molar-refractivity contribution in [3.8, 4) is 23.1 Å². The fraction of sp³-hybridized carbons (Fsp3) is 0.0952. The Kier molecular flexibility index (Phi) is 6.20. The number of nitrogens with zero attached hydrogens (tertiary/aromatic N) is 2. The Morgan fingerprint density at radius 1 is 0.964 bits per heavy atom. The molecule has 142 valence electrons. The molecule has 0 aliphatic heterocycles. The Morgan fingerprint density at radius 3 is 2.43 bits per heavy atom. The van der Waals surface area contributed by atoms with Crippen LogP contribution in [0.5, 0.6) is 23.1 Å². The van der Waals surface area contributed by atoms with Gasteiger partial charge in [-0.15, -0.1) is 0 Å². The summed E-state index contributed by atoms with van der Waals surface area (Å²) in [5.41, 5.74) is 0.612. The topological polar surface area (TPSA) is 82.0 Å². The van der Waals surface area contributed by atoms with Gasteiger partial charge in [0, 0.05) is 25.4 Å². The molecule has 0 spiro atoms. The Labute approximate surface area is 162 Å². The van der Waals surface area contributed by atoms with Crippen molar-refractivity contribution in [1.29, 1.82) is 0 Å². The van der Waals surface area contributed by atoms with E-state index in [-0.39, 0.29) is 11.6 Å². The summed E-state index contributed by atoms with van der Waals surface area (Å²) in [6.45, 7) is 0. The van der Waals surface area contributed by atoms with Crippen LogP contribution in [0.3, 0.4) is 0 Å². The molecule has 0 fully saturated rings. The first kappa shape index (κ1) is 18.9. The van der Waals surface area contributed by atoms with Gasteiger partial charge >= 0.3 is 0 Å². The molecule has 0 unspecified atom stereocenters. The van der Waals surface area contributed by atoms with E-state index in [0.717, 1.165) is 0 Å². The molecule has 0 radical (unpaired) electrons. The summed E-state index contributed by atoms with van der Waals surface area (Å²) in [4.78, 5) is 21.1. The van der Waals surface area contributed by atoms with Gasteiger partial charge in [-0.1, -0.05) is 29.4 Å². The molecule has 1 aromatic heterocycles. The maximum Gasteiger partial charge on any atom is 0.273 e. The number of carbonyl (C=O) groups is 1. The SMILES string of the molecule is CNC(=O)C(=NOC)c1ccccc1Oc1cccc(Oc2ccccn2)c1. The maximum absolute atomic E-state index is 12.2. The van der Waals surface area contributed by atoms with Crippen molar-refractivity contribution in [2.45, 2.75) is 0 Å². The number of rotatable bonds is 7. The number of nitrogens with one attached hydrogen (secondary N) is 1. The van der Waals surface area contributed by atoms with E-state index in [1.165, 1.54) is 14.2 Å². The highest BCUT2D eigenvalue weighted by Gasteiger charge is 2.18. The second kappa shape index (κ2) is 9.18. The molecule has 1 N–H and O–H groups in total. The van der Waals surface area contributed by atoms with E-state index in [1.807, 2.05) is 12.1 Å². The summed E-state index contributed by atoms with van der Waals surface area (Å²) in [6.07, 6.45) is 1.65. The van der Waals surface area contributed by atoms with E-state index in [2.05, 4.69) is 15.5 Å². The van der Waals surface area contributed by atoms with Gasteiger partial charge in [0.2, 0.25) is 5.88 Å². The number of amides is 1. The summed E-state index contributed by atoms with van der Waals surface area (Å²) >= 11 is 0. The van der Waals surface area contributed by atoms with Crippen molar-refractivity contribution >= 4 is 11.6 Å². The summed E-state index contributed by atoms with van der Waals surface area (Å²) in [7, 11) is 2.90. The fourth-order valence-electron chi connectivity index (χ4n) is 2.43. The van der Waals surface area contributed by atoms with Crippen molar-refractivity contribution in [3.05, 3.63) is 78.5 Å². The second-order valence-corrected chi connectivity index (χ2v) is 5.54. The molecule has 0 saturated carbocycles. The van der Waals surface area contributed by atoms with Gasteiger partial charge in [0.1, 0.15) is 24.4 Å². The number of hydrogen-bond acceptors (Lipinski definition) is 6. The van der Waals surface area contributed by atoms with Crippen molar-refractivity contribution in [3.63, 3.8) is 0 Å². The minimum atomic E-state index is -0.384. The molecule has 7 nitrogen and oxygen atoms in total. The maximum atomic E-state index is 12.2. The molecule has 3 rings (SSSR count). The first-order valence-electron chi connectivity index (χ1n) is 8.50. The van der Waals surface area contributed by atoms with Gasteiger partial charge in [0.05, 0.1) is 5.56 Å². The highest BCUT2D eigenvalue weighted by atomic mass is 16.6. The van der Waals surface area contributed by atoms with Crippen molar-refractivity contribution in [1.82, 2.24) is 10.3 Å². The molecule has 3 aromatic rings. The highest BCUT2D eigenvalue weighted by molar-refractivity contribution is 6.45. The second-order valence-electron chi connectivity index (χ2n) is 5.54. The monoisotopic (exact) mass is 377 g/mol. The van der Waals surface area contributed by atoms with Crippen LogP contribution in [0.15, 0.2) is 78.1 Å². The number of benzene rings is 2. The normalized spacial score (nSPS) is 10.9. The van der Waals surface area contributed by atoms with E-state index in [1.54, 1.807) is 60.8 Å². The Hall–Kier alpha value is -3.87. The van der Waals surface area contributed by atoms with Crippen molar-refractivity contribution in [2.24, 2.45) is 5.16 Å². The van der Waals surface area contributed by atoms with Crippen LogP contribution in [0.4, 0.5) is 0 Å². The predicted octanol–water partition coefficient (Wildman–Crippen LogP) is 3.76. The van der Waals surface area contributed by atoms with Gasteiger partial charge in [0.25, 0.3) is 5.91 Å². The van der Waals surface area contributed by atoms with Crippen LogP contribution in [0.2, 0.25) is 0 Å². The van der Waals surface area contributed by atoms with Crippen molar-refractivity contribution in [2.75, 3.05) is 14.2 Å². The Morgan fingerprint density at radius 2 is 1.71 bits per heavy atom. The molecular weight excluding hydrogens is 358 g/mol. The Bertz CT molecular complexity index is 974. The third-order valence-corrected chi connectivity index (χ3v) is 3.66. The molecule has 2 aromatic carbocycles. The first-order chi connectivity index (χ1) is 13.7. The molecule has 0 aliphatic carbocycles. The van der Waals surface area contributed by atoms with Crippen LogP contribution < -0.4 is 14.8 Å². The number of para-hydroxylation sites is 1. The van der Waals surface area contributed by atoms with Crippen LogP contribution in [-0.4, -0.2) is 30.8 Å². The molecule has 28 heavy (non-hydrogen) atoms. The lowest BCUT2D eigenvalue weighted by Crippen LogP contribution is -2.28. The average molecular weight is 377 g/mol. The quantitative estimate of drug-likeness (QED) is 0.501.